The molecule has 0 atom stereocenters. The minimum Gasteiger partial charge on any atom is -0.325 e. The Hall–Kier alpha value is -3.07. The van der Waals surface area contributed by atoms with Gasteiger partial charge in [0.25, 0.3) is 5.69 Å². The number of benzene rings is 2. The lowest BCUT2D eigenvalue weighted by molar-refractivity contribution is -0.385. The highest BCUT2D eigenvalue weighted by atomic mass is 79.9. The summed E-state index contributed by atoms with van der Waals surface area (Å²) in [6.45, 7) is 1.84. The predicted molar refractivity (Wildman–Crippen MR) is 101 cm³/mol. The van der Waals surface area contributed by atoms with Crippen molar-refractivity contribution in [1.82, 2.24) is 5.43 Å². The first-order chi connectivity index (χ1) is 12.4. The SMILES string of the molecule is Cc1ccccc1NC(=O)CC(=O)NN=Cc1ccc(Br)c([N+](=O)[O-])c1. The standard InChI is InChI=1S/C17H15BrN4O4/c1-11-4-2-3-5-14(11)20-16(23)9-17(24)21-19-10-12-6-7-13(18)15(8-12)22(25)26/h2-8,10H,9H2,1H3,(H,20,23)(H,21,24). The third-order valence-electron chi connectivity index (χ3n) is 3.31. The molecule has 0 radical (unpaired) electrons. The predicted octanol–water partition coefficient (Wildman–Crippen LogP) is 3.14. The first kappa shape index (κ1) is 19.3. The van der Waals surface area contributed by atoms with Crippen molar-refractivity contribution in [3.8, 4) is 0 Å². The van der Waals surface area contributed by atoms with Gasteiger partial charge in [0.05, 0.1) is 15.6 Å². The Balaban J connectivity index is 1.89. The molecule has 2 rings (SSSR count). The quantitative estimate of drug-likeness (QED) is 0.324. The topological polar surface area (TPSA) is 114 Å². The third-order valence-corrected chi connectivity index (χ3v) is 3.98. The Bertz CT molecular complexity index is 883. The summed E-state index contributed by atoms with van der Waals surface area (Å²) in [6.07, 6.45) is 0.864. The van der Waals surface area contributed by atoms with E-state index in [2.05, 4.69) is 31.8 Å². The molecule has 0 aliphatic rings. The Labute approximate surface area is 157 Å². The highest BCUT2D eigenvalue weighted by Crippen LogP contribution is 2.24. The van der Waals surface area contributed by atoms with Crippen molar-refractivity contribution in [2.45, 2.75) is 13.3 Å². The van der Waals surface area contributed by atoms with E-state index in [1.807, 2.05) is 19.1 Å². The van der Waals surface area contributed by atoms with Crippen LogP contribution in [0.25, 0.3) is 0 Å². The summed E-state index contributed by atoms with van der Waals surface area (Å²) in [6, 6.07) is 11.6. The lowest BCUT2D eigenvalue weighted by Gasteiger charge is -2.07. The number of amides is 2. The van der Waals surface area contributed by atoms with E-state index >= 15 is 0 Å². The van der Waals surface area contributed by atoms with Crippen LogP contribution in [0.4, 0.5) is 11.4 Å². The van der Waals surface area contributed by atoms with E-state index in [0.717, 1.165) is 5.56 Å². The largest absolute Gasteiger partial charge is 0.325 e. The summed E-state index contributed by atoms with van der Waals surface area (Å²) in [7, 11) is 0. The van der Waals surface area contributed by atoms with Crippen LogP contribution < -0.4 is 10.7 Å². The second-order valence-corrected chi connectivity index (χ2v) is 6.16. The zero-order valence-electron chi connectivity index (χ0n) is 13.7. The lowest BCUT2D eigenvalue weighted by Crippen LogP contribution is -2.24. The third kappa shape index (κ3) is 5.49. The molecule has 2 N–H and O–H groups in total. The van der Waals surface area contributed by atoms with Crippen LogP contribution in [0.1, 0.15) is 17.5 Å². The number of nitro benzene ring substituents is 1. The molecule has 0 fully saturated rings. The average molecular weight is 419 g/mol. The van der Waals surface area contributed by atoms with Crippen LogP contribution >= 0.6 is 15.9 Å². The number of nitrogens with one attached hydrogen (secondary N) is 2. The van der Waals surface area contributed by atoms with Crippen molar-refractivity contribution in [3.05, 3.63) is 68.2 Å². The molecule has 8 nitrogen and oxygen atoms in total. The molecule has 0 spiro atoms. The fourth-order valence-corrected chi connectivity index (χ4v) is 2.41. The van der Waals surface area contributed by atoms with Crippen LogP contribution in [-0.4, -0.2) is 23.0 Å². The van der Waals surface area contributed by atoms with E-state index in [9.17, 15) is 19.7 Å². The van der Waals surface area contributed by atoms with E-state index in [-0.39, 0.29) is 5.69 Å². The van der Waals surface area contributed by atoms with Crippen molar-refractivity contribution < 1.29 is 14.5 Å². The van der Waals surface area contributed by atoms with E-state index in [1.54, 1.807) is 18.2 Å². The van der Waals surface area contributed by atoms with Crippen LogP contribution in [0.3, 0.4) is 0 Å². The van der Waals surface area contributed by atoms with E-state index in [0.29, 0.717) is 15.7 Å². The summed E-state index contributed by atoms with van der Waals surface area (Å²) in [5.74, 6) is -1.06. The van der Waals surface area contributed by atoms with Gasteiger partial charge in [0.15, 0.2) is 0 Å². The first-order valence-electron chi connectivity index (χ1n) is 7.48. The number of aryl methyl sites for hydroxylation is 1. The first-order valence-corrected chi connectivity index (χ1v) is 8.27. The lowest BCUT2D eigenvalue weighted by atomic mass is 10.2. The Morgan fingerprint density at radius 2 is 1.96 bits per heavy atom. The number of carbonyl (C=O) groups is 2. The van der Waals surface area contributed by atoms with Gasteiger partial charge in [-0.15, -0.1) is 0 Å². The van der Waals surface area contributed by atoms with Gasteiger partial charge in [-0.25, -0.2) is 5.43 Å². The van der Waals surface area contributed by atoms with Crippen LogP contribution in [0.2, 0.25) is 0 Å². The normalized spacial score (nSPS) is 10.5. The van der Waals surface area contributed by atoms with Crippen LogP contribution in [0, 0.1) is 17.0 Å². The van der Waals surface area contributed by atoms with E-state index in [4.69, 9.17) is 0 Å². The molecular weight excluding hydrogens is 404 g/mol. The number of carbonyl (C=O) groups excluding carboxylic acids is 2. The molecule has 0 heterocycles. The van der Waals surface area contributed by atoms with Gasteiger partial charge in [0.1, 0.15) is 6.42 Å². The van der Waals surface area contributed by atoms with Gasteiger partial charge < -0.3 is 5.32 Å². The Morgan fingerprint density at radius 1 is 1.23 bits per heavy atom. The second-order valence-electron chi connectivity index (χ2n) is 5.30. The molecule has 134 valence electrons. The van der Waals surface area contributed by atoms with E-state index < -0.39 is 23.2 Å². The van der Waals surface area contributed by atoms with E-state index in [1.165, 1.54) is 18.3 Å². The van der Waals surface area contributed by atoms with Crippen LogP contribution in [-0.2, 0) is 9.59 Å². The van der Waals surface area contributed by atoms with Gasteiger partial charge in [-0.3, -0.25) is 19.7 Å². The molecule has 0 aromatic heterocycles. The molecule has 2 aromatic carbocycles. The molecule has 0 aliphatic heterocycles. The number of anilines is 1. The van der Waals surface area contributed by atoms with Gasteiger partial charge in [0.2, 0.25) is 11.8 Å². The summed E-state index contributed by atoms with van der Waals surface area (Å²) in [5, 5.41) is 17.2. The maximum absolute atomic E-state index is 11.9. The van der Waals surface area contributed by atoms with Crippen molar-refractivity contribution in [2.24, 2.45) is 5.10 Å². The van der Waals surface area contributed by atoms with Gasteiger partial charge in [0, 0.05) is 17.3 Å². The molecule has 0 unspecified atom stereocenters. The minimum atomic E-state index is -0.598. The van der Waals surface area contributed by atoms with Crippen molar-refractivity contribution in [2.75, 3.05) is 5.32 Å². The van der Waals surface area contributed by atoms with Crippen molar-refractivity contribution >= 4 is 45.3 Å². The fraction of sp³-hybridized carbons (Fsp3) is 0.118. The molecule has 2 aromatic rings. The highest BCUT2D eigenvalue weighted by Gasteiger charge is 2.12. The number of nitro groups is 1. The molecule has 2 amide bonds. The fourth-order valence-electron chi connectivity index (χ4n) is 2.02. The number of hydrogen-bond acceptors (Lipinski definition) is 5. The van der Waals surface area contributed by atoms with Gasteiger partial charge in [-0.1, -0.05) is 24.3 Å². The van der Waals surface area contributed by atoms with Gasteiger partial charge in [-0.2, -0.15) is 5.10 Å². The number of hydrogen-bond donors (Lipinski definition) is 2. The summed E-state index contributed by atoms with van der Waals surface area (Å²) in [4.78, 5) is 33.9. The molecule has 0 aliphatic carbocycles. The molecule has 9 heteroatoms. The smallest absolute Gasteiger partial charge is 0.284 e. The monoisotopic (exact) mass is 418 g/mol. The zero-order valence-corrected chi connectivity index (χ0v) is 15.3. The number of hydrazone groups is 1. The zero-order chi connectivity index (χ0) is 19.1. The van der Waals surface area contributed by atoms with Gasteiger partial charge in [-0.05, 0) is 40.5 Å². The Kier molecular flexibility index (Phi) is 6.56. The number of rotatable bonds is 6. The van der Waals surface area contributed by atoms with Crippen LogP contribution in [0.5, 0.6) is 0 Å². The average Bonchev–Trinajstić information content (AvgIpc) is 2.58. The summed E-state index contributed by atoms with van der Waals surface area (Å²) in [5.41, 5.74) is 4.06. The molecular formula is C17H15BrN4O4. The number of para-hydroxylation sites is 1. The number of nitrogens with zero attached hydrogens (tertiary/aromatic N) is 2. The number of halogens is 1. The molecule has 0 bridgehead atoms. The molecule has 0 saturated heterocycles. The maximum Gasteiger partial charge on any atom is 0.284 e. The summed E-state index contributed by atoms with van der Waals surface area (Å²) < 4.78 is 0.344. The van der Waals surface area contributed by atoms with Crippen molar-refractivity contribution in [1.29, 1.82) is 0 Å². The summed E-state index contributed by atoms with van der Waals surface area (Å²) >= 11 is 3.08. The second kappa shape index (κ2) is 8.86. The maximum atomic E-state index is 11.9. The minimum absolute atomic E-state index is 0.113. The van der Waals surface area contributed by atoms with Crippen LogP contribution in [0.15, 0.2) is 52.0 Å². The molecule has 0 saturated carbocycles. The van der Waals surface area contributed by atoms with Crippen molar-refractivity contribution in [3.63, 3.8) is 0 Å². The van der Waals surface area contributed by atoms with Gasteiger partial charge >= 0.3 is 0 Å². The highest BCUT2D eigenvalue weighted by molar-refractivity contribution is 9.10. The Morgan fingerprint density at radius 3 is 2.65 bits per heavy atom. The molecule has 26 heavy (non-hydrogen) atoms.